The standard InChI is InChI=1S/C10H12N2O3S/c13-10(4-5-16)11-7-8-2-1-3-9(6-8)12(14)15/h1-3,6,16H,4-5,7H2,(H,11,13). The number of benzene rings is 1. The van der Waals surface area contributed by atoms with Crippen molar-refractivity contribution >= 4 is 24.2 Å². The van der Waals surface area contributed by atoms with Crippen LogP contribution < -0.4 is 5.32 Å². The third-order valence-corrected chi connectivity index (χ3v) is 2.17. The Balaban J connectivity index is 2.57. The zero-order chi connectivity index (χ0) is 12.0. The van der Waals surface area contributed by atoms with Crippen molar-refractivity contribution in [3.63, 3.8) is 0 Å². The quantitative estimate of drug-likeness (QED) is 0.466. The largest absolute Gasteiger partial charge is 0.352 e. The van der Waals surface area contributed by atoms with E-state index in [9.17, 15) is 14.9 Å². The van der Waals surface area contributed by atoms with E-state index in [1.807, 2.05) is 0 Å². The molecule has 16 heavy (non-hydrogen) atoms. The molecule has 0 bridgehead atoms. The van der Waals surface area contributed by atoms with Gasteiger partial charge in [-0.1, -0.05) is 12.1 Å². The molecule has 1 rings (SSSR count). The van der Waals surface area contributed by atoms with Gasteiger partial charge in [-0.2, -0.15) is 12.6 Å². The first-order valence-corrected chi connectivity index (χ1v) is 5.37. The summed E-state index contributed by atoms with van der Waals surface area (Å²) in [5.41, 5.74) is 0.739. The van der Waals surface area contributed by atoms with Gasteiger partial charge in [-0.3, -0.25) is 14.9 Å². The zero-order valence-corrected chi connectivity index (χ0v) is 9.44. The molecule has 0 spiro atoms. The lowest BCUT2D eigenvalue weighted by molar-refractivity contribution is -0.384. The van der Waals surface area contributed by atoms with Crippen molar-refractivity contribution in [3.05, 3.63) is 39.9 Å². The first-order chi connectivity index (χ1) is 7.63. The normalized spacial score (nSPS) is 9.81. The second-order valence-electron chi connectivity index (χ2n) is 3.18. The van der Waals surface area contributed by atoms with E-state index in [0.29, 0.717) is 24.3 Å². The van der Waals surface area contributed by atoms with Crippen molar-refractivity contribution in [2.24, 2.45) is 0 Å². The fraction of sp³-hybridized carbons (Fsp3) is 0.300. The fourth-order valence-electron chi connectivity index (χ4n) is 1.17. The van der Waals surface area contributed by atoms with Crippen molar-refractivity contribution in [1.29, 1.82) is 0 Å². The minimum atomic E-state index is -0.459. The predicted molar refractivity (Wildman–Crippen MR) is 63.4 cm³/mol. The van der Waals surface area contributed by atoms with Crippen LogP contribution >= 0.6 is 12.6 Å². The van der Waals surface area contributed by atoms with Crippen LogP contribution in [0, 0.1) is 10.1 Å². The number of nitro benzene ring substituents is 1. The minimum absolute atomic E-state index is 0.0287. The summed E-state index contributed by atoms with van der Waals surface area (Å²) in [7, 11) is 0. The van der Waals surface area contributed by atoms with Crippen LogP contribution in [0.15, 0.2) is 24.3 Å². The van der Waals surface area contributed by atoms with Crippen LogP contribution in [0.1, 0.15) is 12.0 Å². The Morgan fingerprint density at radius 3 is 2.88 bits per heavy atom. The van der Waals surface area contributed by atoms with Crippen molar-refractivity contribution in [2.45, 2.75) is 13.0 Å². The lowest BCUT2D eigenvalue weighted by Gasteiger charge is -2.03. The first-order valence-electron chi connectivity index (χ1n) is 4.74. The SMILES string of the molecule is O=C(CCS)NCc1cccc([N+](=O)[O-])c1. The summed E-state index contributed by atoms with van der Waals surface area (Å²) < 4.78 is 0. The molecular weight excluding hydrogens is 228 g/mol. The Morgan fingerprint density at radius 2 is 2.25 bits per heavy atom. The van der Waals surface area contributed by atoms with Gasteiger partial charge in [0.05, 0.1) is 4.92 Å². The molecule has 0 fully saturated rings. The second kappa shape index (κ2) is 6.12. The van der Waals surface area contributed by atoms with Gasteiger partial charge in [0.15, 0.2) is 0 Å². The Labute approximate surface area is 98.4 Å². The third kappa shape index (κ3) is 3.90. The van der Waals surface area contributed by atoms with E-state index in [-0.39, 0.29) is 11.6 Å². The lowest BCUT2D eigenvalue weighted by Crippen LogP contribution is -2.22. The van der Waals surface area contributed by atoms with Gasteiger partial charge in [-0.15, -0.1) is 0 Å². The molecule has 0 aromatic heterocycles. The molecule has 0 atom stereocenters. The number of non-ortho nitro benzene ring substituents is 1. The topological polar surface area (TPSA) is 72.2 Å². The van der Waals surface area contributed by atoms with Gasteiger partial charge in [0, 0.05) is 25.1 Å². The molecule has 0 aliphatic carbocycles. The Hall–Kier alpha value is -1.56. The number of rotatable bonds is 5. The number of hydrogen-bond acceptors (Lipinski definition) is 4. The molecule has 5 nitrogen and oxygen atoms in total. The maximum atomic E-state index is 11.1. The smallest absolute Gasteiger partial charge is 0.269 e. The summed E-state index contributed by atoms with van der Waals surface area (Å²) in [5.74, 6) is 0.377. The number of hydrogen-bond donors (Lipinski definition) is 2. The van der Waals surface area contributed by atoms with E-state index in [1.54, 1.807) is 12.1 Å². The van der Waals surface area contributed by atoms with Crippen LogP contribution in [0.3, 0.4) is 0 Å². The fourth-order valence-corrected chi connectivity index (χ4v) is 1.37. The maximum Gasteiger partial charge on any atom is 0.269 e. The highest BCUT2D eigenvalue weighted by Gasteiger charge is 2.06. The maximum absolute atomic E-state index is 11.1. The highest BCUT2D eigenvalue weighted by molar-refractivity contribution is 7.80. The summed E-state index contributed by atoms with van der Waals surface area (Å²) in [5, 5.41) is 13.2. The van der Waals surface area contributed by atoms with Crippen molar-refractivity contribution in [3.8, 4) is 0 Å². The summed E-state index contributed by atoms with van der Waals surface area (Å²) in [6.07, 6.45) is 0.345. The summed E-state index contributed by atoms with van der Waals surface area (Å²) >= 11 is 3.93. The van der Waals surface area contributed by atoms with Gasteiger partial charge in [-0.05, 0) is 11.3 Å². The molecule has 6 heteroatoms. The van der Waals surface area contributed by atoms with Crippen LogP contribution in [0.4, 0.5) is 5.69 Å². The van der Waals surface area contributed by atoms with Crippen molar-refractivity contribution < 1.29 is 9.72 Å². The van der Waals surface area contributed by atoms with Gasteiger partial charge in [-0.25, -0.2) is 0 Å². The Morgan fingerprint density at radius 1 is 1.50 bits per heavy atom. The van der Waals surface area contributed by atoms with E-state index >= 15 is 0 Å². The Bertz CT molecular complexity index is 395. The molecule has 0 aliphatic rings. The third-order valence-electron chi connectivity index (χ3n) is 1.95. The van der Waals surface area contributed by atoms with Gasteiger partial charge >= 0.3 is 0 Å². The summed E-state index contributed by atoms with van der Waals surface area (Å²) in [4.78, 5) is 21.2. The number of carbonyl (C=O) groups excluding carboxylic acids is 1. The number of amides is 1. The van der Waals surface area contributed by atoms with E-state index in [4.69, 9.17) is 0 Å². The molecule has 1 aromatic carbocycles. The Kier molecular flexibility index (Phi) is 4.78. The van der Waals surface area contributed by atoms with Gasteiger partial charge in [0.1, 0.15) is 0 Å². The van der Waals surface area contributed by atoms with Crippen LogP contribution in [0.2, 0.25) is 0 Å². The monoisotopic (exact) mass is 240 g/mol. The van der Waals surface area contributed by atoms with E-state index < -0.39 is 4.92 Å². The number of nitrogens with one attached hydrogen (secondary N) is 1. The lowest BCUT2D eigenvalue weighted by atomic mass is 10.2. The van der Waals surface area contributed by atoms with Crippen LogP contribution in [0.5, 0.6) is 0 Å². The predicted octanol–water partition coefficient (Wildman–Crippen LogP) is 1.53. The molecule has 0 unspecified atom stereocenters. The molecule has 1 amide bonds. The highest BCUT2D eigenvalue weighted by Crippen LogP contribution is 2.12. The molecule has 0 saturated carbocycles. The molecule has 0 radical (unpaired) electrons. The highest BCUT2D eigenvalue weighted by atomic mass is 32.1. The molecule has 1 N–H and O–H groups in total. The number of nitrogens with zero attached hydrogens (tertiary/aromatic N) is 1. The first kappa shape index (κ1) is 12.5. The molecule has 0 saturated heterocycles. The number of carbonyl (C=O) groups is 1. The molecule has 0 heterocycles. The molecular formula is C10H12N2O3S. The zero-order valence-electron chi connectivity index (χ0n) is 8.55. The molecule has 86 valence electrons. The average Bonchev–Trinajstić information content (AvgIpc) is 2.27. The molecule has 0 aliphatic heterocycles. The van der Waals surface area contributed by atoms with Crippen LogP contribution in [0.25, 0.3) is 0 Å². The minimum Gasteiger partial charge on any atom is -0.352 e. The molecule has 1 aromatic rings. The van der Waals surface area contributed by atoms with E-state index in [2.05, 4.69) is 17.9 Å². The van der Waals surface area contributed by atoms with Crippen molar-refractivity contribution in [1.82, 2.24) is 5.32 Å². The summed E-state index contributed by atoms with van der Waals surface area (Å²) in [6, 6.07) is 6.19. The average molecular weight is 240 g/mol. The van der Waals surface area contributed by atoms with Crippen LogP contribution in [-0.2, 0) is 11.3 Å². The summed E-state index contributed by atoms with van der Waals surface area (Å²) in [6.45, 7) is 0.300. The second-order valence-corrected chi connectivity index (χ2v) is 3.62. The van der Waals surface area contributed by atoms with Gasteiger partial charge in [0.25, 0.3) is 5.69 Å². The number of thiol groups is 1. The number of nitro groups is 1. The van der Waals surface area contributed by atoms with E-state index in [1.165, 1.54) is 12.1 Å². The van der Waals surface area contributed by atoms with Crippen molar-refractivity contribution in [2.75, 3.05) is 5.75 Å². The van der Waals surface area contributed by atoms with E-state index in [0.717, 1.165) is 0 Å². The van der Waals surface area contributed by atoms with Gasteiger partial charge < -0.3 is 5.32 Å². The van der Waals surface area contributed by atoms with Crippen LogP contribution in [-0.4, -0.2) is 16.6 Å². The van der Waals surface area contributed by atoms with Gasteiger partial charge in [0.2, 0.25) is 5.91 Å².